The second-order valence-electron chi connectivity index (χ2n) is 16.9. The third kappa shape index (κ3) is 10.0. The van der Waals surface area contributed by atoms with E-state index in [1.54, 1.807) is 30.5 Å². The Labute approximate surface area is 360 Å². The highest BCUT2D eigenvalue weighted by atomic mass is 35.5. The van der Waals surface area contributed by atoms with Crippen LogP contribution >= 0.6 is 11.6 Å². The normalized spacial score (nSPS) is 18.5. The molecule has 3 aromatic carbocycles. The van der Waals surface area contributed by atoms with Gasteiger partial charge in [0.1, 0.15) is 22.8 Å². The zero-order valence-electron chi connectivity index (χ0n) is 34.3. The van der Waals surface area contributed by atoms with Crippen molar-refractivity contribution in [3.8, 4) is 11.5 Å². The monoisotopic (exact) mass is 867 g/mol. The van der Waals surface area contributed by atoms with E-state index in [-0.39, 0.29) is 28.3 Å². The van der Waals surface area contributed by atoms with Crippen molar-refractivity contribution in [2.24, 2.45) is 11.3 Å². The lowest BCUT2D eigenvalue weighted by Crippen LogP contribution is -2.47. The number of nitrogens with zero attached hydrogens (tertiary/aromatic N) is 4. The molecule has 1 amide bonds. The topological polar surface area (TPSA) is 172 Å². The number of aromatic nitrogens is 2. The summed E-state index contributed by atoms with van der Waals surface area (Å²) in [5, 5.41) is 16.7. The van der Waals surface area contributed by atoms with Gasteiger partial charge >= 0.3 is 0 Å². The third-order valence-electron chi connectivity index (χ3n) is 11.9. The van der Waals surface area contributed by atoms with Crippen LogP contribution in [0.4, 0.5) is 17.1 Å². The van der Waals surface area contributed by atoms with Gasteiger partial charge in [0, 0.05) is 80.3 Å². The summed E-state index contributed by atoms with van der Waals surface area (Å²) >= 11 is 6.24. The number of anilines is 2. The van der Waals surface area contributed by atoms with E-state index in [1.165, 1.54) is 35.0 Å². The zero-order chi connectivity index (χ0) is 42.7. The lowest BCUT2D eigenvalue weighted by molar-refractivity contribution is -0.384. The number of aromatic amines is 1. The molecule has 61 heavy (non-hydrogen) atoms. The number of nitro groups is 1. The average Bonchev–Trinajstić information content (AvgIpc) is 3.72. The molecule has 1 aliphatic carbocycles. The van der Waals surface area contributed by atoms with Crippen LogP contribution in [-0.4, -0.2) is 86.6 Å². The number of ether oxygens (including phenoxy) is 2. The summed E-state index contributed by atoms with van der Waals surface area (Å²) < 4.78 is 41.3. The number of benzene rings is 3. The molecule has 16 heteroatoms. The first kappa shape index (κ1) is 42.2. The Morgan fingerprint density at radius 1 is 1.07 bits per heavy atom. The number of rotatable bonds is 13. The van der Waals surface area contributed by atoms with Gasteiger partial charge in [-0.2, -0.15) is 0 Å². The van der Waals surface area contributed by atoms with Gasteiger partial charge in [-0.3, -0.25) is 19.8 Å². The quantitative estimate of drug-likeness (QED) is 0.0764. The number of nitro benzene ring substituents is 1. The Morgan fingerprint density at radius 3 is 2.62 bits per heavy atom. The molecule has 1 atom stereocenters. The maximum Gasteiger partial charge on any atom is 0.293 e. The average molecular weight is 868 g/mol. The second-order valence-corrected chi connectivity index (χ2v) is 19.0. The van der Waals surface area contributed by atoms with Crippen LogP contribution in [0, 0.1) is 21.4 Å². The van der Waals surface area contributed by atoms with Crippen molar-refractivity contribution in [1.29, 1.82) is 0 Å². The number of H-pyrrole nitrogens is 1. The molecule has 2 aliphatic heterocycles. The summed E-state index contributed by atoms with van der Waals surface area (Å²) in [6.45, 7) is 10.3. The van der Waals surface area contributed by atoms with E-state index in [9.17, 15) is 23.3 Å². The summed E-state index contributed by atoms with van der Waals surface area (Å²) in [4.78, 5) is 37.1. The van der Waals surface area contributed by atoms with Crippen LogP contribution in [0.2, 0.25) is 5.02 Å². The van der Waals surface area contributed by atoms with Crippen LogP contribution in [0.1, 0.15) is 61.9 Å². The van der Waals surface area contributed by atoms with E-state index >= 15 is 0 Å². The van der Waals surface area contributed by atoms with E-state index in [0.29, 0.717) is 31.2 Å². The molecule has 2 aromatic heterocycles. The minimum atomic E-state index is -4.56. The number of halogens is 1. The smallest absolute Gasteiger partial charge is 0.293 e. The van der Waals surface area contributed by atoms with E-state index in [0.717, 1.165) is 87.0 Å². The van der Waals surface area contributed by atoms with Crippen LogP contribution in [0.3, 0.4) is 0 Å². The number of hydrogen-bond donors (Lipinski definition) is 3. The molecule has 0 radical (unpaired) electrons. The Kier molecular flexibility index (Phi) is 12.4. The van der Waals surface area contributed by atoms with Crippen molar-refractivity contribution < 1.29 is 27.6 Å². The van der Waals surface area contributed by atoms with Crippen LogP contribution in [0.5, 0.6) is 11.5 Å². The molecular formula is C45H50ClN7O7S. The predicted molar refractivity (Wildman–Crippen MR) is 237 cm³/mol. The Morgan fingerprint density at radius 2 is 1.87 bits per heavy atom. The maximum absolute atomic E-state index is 13.9. The second kappa shape index (κ2) is 17.9. The highest BCUT2D eigenvalue weighted by Gasteiger charge is 2.31. The van der Waals surface area contributed by atoms with E-state index in [1.807, 2.05) is 18.2 Å². The number of pyridine rings is 1. The minimum absolute atomic E-state index is 0.0375. The first-order valence-electron chi connectivity index (χ1n) is 20.7. The summed E-state index contributed by atoms with van der Waals surface area (Å²) in [5.41, 5.74) is 5.52. The molecule has 8 rings (SSSR count). The fourth-order valence-electron chi connectivity index (χ4n) is 8.42. The molecular weight excluding hydrogens is 818 g/mol. The van der Waals surface area contributed by atoms with Crippen LogP contribution < -0.4 is 19.7 Å². The Hall–Kier alpha value is -5.48. The van der Waals surface area contributed by atoms with E-state index in [2.05, 4.69) is 55.8 Å². The number of sulfonamides is 1. The fourth-order valence-corrected chi connectivity index (χ4v) is 9.53. The van der Waals surface area contributed by atoms with Gasteiger partial charge in [-0.15, -0.1) is 0 Å². The number of nitrogens with one attached hydrogen (secondary N) is 3. The number of piperazine rings is 1. The summed E-state index contributed by atoms with van der Waals surface area (Å²) in [5.74, 6) is -0.296. The number of hydrogen-bond acceptors (Lipinski definition) is 11. The number of fused-ring (bicyclic) bond motifs is 1. The van der Waals surface area contributed by atoms with Crippen molar-refractivity contribution in [3.05, 3.63) is 117 Å². The van der Waals surface area contributed by atoms with Gasteiger partial charge in [0.2, 0.25) is 0 Å². The lowest BCUT2D eigenvalue weighted by Gasteiger charge is -2.39. The highest BCUT2D eigenvalue weighted by molar-refractivity contribution is 7.90. The van der Waals surface area contributed by atoms with Crippen molar-refractivity contribution in [2.45, 2.75) is 50.8 Å². The number of carbonyl (C=O) groups excluding carboxylic acids is 1. The SMILES string of the molecule is CC1(C)CCC(CN2CCN(c3ccc(C(=O)NS(=O)(=O)c4ccc(NC[C@@H]5CCCOC5)c([N+](=O)[O-])c4)c(Oc4cnc5[nH]ccc5c4)c3)CC2)=C(c2ccc(Cl)cc2)C1. The Bertz CT molecular complexity index is 2560. The molecule has 0 unspecified atom stereocenters. The standard InChI is InChI=1S/C45H50ClN7O7S/c1-45(2)15-13-33(39(25-45)31-5-7-34(46)8-6-31)28-51-17-19-52(20-18-51)35-9-11-38(42(23-35)60-36-22-32-14-16-47-43(32)49-27-36)44(54)50-61(57,58)37-10-12-40(41(24-37)53(55)56)48-26-30-4-3-21-59-29-30/h5-12,14,16,22-24,27,30,48H,3-4,13,15,17-21,25-26,28-29H2,1-2H3,(H,47,49)(H,50,54)/t30-/m0/s1. The number of allylic oxidation sites excluding steroid dienone is 1. The van der Waals surface area contributed by atoms with Crippen molar-refractivity contribution in [2.75, 3.05) is 62.7 Å². The molecule has 320 valence electrons. The van der Waals surface area contributed by atoms with E-state index in [4.69, 9.17) is 21.1 Å². The fraction of sp³-hybridized carbons (Fsp3) is 0.378. The number of amides is 1. The van der Waals surface area contributed by atoms with Crippen LogP contribution in [0.25, 0.3) is 16.6 Å². The van der Waals surface area contributed by atoms with Crippen molar-refractivity contribution >= 4 is 61.2 Å². The Balaban J connectivity index is 1.00. The van der Waals surface area contributed by atoms with Gasteiger partial charge in [-0.25, -0.2) is 18.1 Å². The van der Waals surface area contributed by atoms with Crippen molar-refractivity contribution in [3.63, 3.8) is 0 Å². The first-order chi connectivity index (χ1) is 29.3. The van der Waals surface area contributed by atoms with Crippen molar-refractivity contribution in [1.82, 2.24) is 19.6 Å². The van der Waals surface area contributed by atoms with Gasteiger partial charge in [0.25, 0.3) is 21.6 Å². The van der Waals surface area contributed by atoms with E-state index < -0.39 is 31.4 Å². The largest absolute Gasteiger partial charge is 0.455 e. The van der Waals surface area contributed by atoms with Crippen LogP contribution in [0.15, 0.2) is 95.7 Å². The van der Waals surface area contributed by atoms with Gasteiger partial charge in [0.05, 0.1) is 28.2 Å². The third-order valence-corrected chi connectivity index (χ3v) is 13.5. The molecule has 2 fully saturated rings. The van der Waals surface area contributed by atoms with Gasteiger partial charge in [-0.1, -0.05) is 43.2 Å². The maximum atomic E-state index is 13.9. The van der Waals surface area contributed by atoms with Gasteiger partial charge in [0.15, 0.2) is 0 Å². The predicted octanol–water partition coefficient (Wildman–Crippen LogP) is 8.66. The highest BCUT2D eigenvalue weighted by Crippen LogP contribution is 2.43. The summed E-state index contributed by atoms with van der Waals surface area (Å²) in [7, 11) is -4.56. The zero-order valence-corrected chi connectivity index (χ0v) is 35.9. The molecule has 3 aliphatic rings. The molecule has 4 heterocycles. The number of carbonyl (C=O) groups is 1. The van der Waals surface area contributed by atoms with Crippen LogP contribution in [-0.2, 0) is 14.8 Å². The van der Waals surface area contributed by atoms with Gasteiger partial charge in [-0.05, 0) is 103 Å². The minimum Gasteiger partial charge on any atom is -0.455 e. The molecule has 0 saturated carbocycles. The molecule has 5 aromatic rings. The molecule has 0 spiro atoms. The summed E-state index contributed by atoms with van der Waals surface area (Å²) in [6, 6.07) is 20.4. The lowest BCUT2D eigenvalue weighted by atomic mass is 9.72. The summed E-state index contributed by atoms with van der Waals surface area (Å²) in [6.07, 6.45) is 8.31. The molecule has 2 saturated heterocycles. The molecule has 0 bridgehead atoms. The van der Waals surface area contributed by atoms with Gasteiger partial charge < -0.3 is 24.7 Å². The molecule has 3 N–H and O–H groups in total. The first-order valence-corrected chi connectivity index (χ1v) is 22.5. The molecule has 14 nitrogen and oxygen atoms in total.